The number of nitrogens with zero attached hydrogens (tertiary/aromatic N) is 2. The molecule has 0 fully saturated rings. The predicted octanol–water partition coefficient (Wildman–Crippen LogP) is 8.97. The number of hydrogen-bond donors (Lipinski definition) is 5. The summed E-state index contributed by atoms with van der Waals surface area (Å²) < 4.78 is 11.4. The molecule has 288 valence electrons. The largest absolute Gasteiger partial charge is 0.486 e. The highest BCUT2D eigenvalue weighted by Crippen LogP contribution is 2.36. The summed E-state index contributed by atoms with van der Waals surface area (Å²) >= 11 is 24.7. The number of nitrogens with one attached hydrogen (secondary N) is 3. The molecule has 1 amide bonds. The summed E-state index contributed by atoms with van der Waals surface area (Å²) in [5.74, 6) is -2.27. The van der Waals surface area contributed by atoms with E-state index < -0.39 is 24.4 Å². The van der Waals surface area contributed by atoms with E-state index in [2.05, 4.69) is 35.0 Å². The van der Waals surface area contributed by atoms with Crippen LogP contribution in [0.25, 0.3) is 0 Å². The molecule has 0 aliphatic carbocycles. The molecule has 0 radical (unpaired) electrons. The Hall–Kier alpha value is -5.37. The van der Waals surface area contributed by atoms with E-state index in [-0.39, 0.29) is 56.8 Å². The molecule has 0 bridgehead atoms. The standard InChI is InChI=1S/C20H19Cl2N3O4.C19H18Cl2N2O3/c1-2-3-24-15-5-12(9-23)4-13(6-15)11-29-19-16(21)7-14(8-17(19)22)20(28)25-10-18(26)27;1-2-3-23-15-5-13(10-22)4-14(6-15)11-26-19-16(20)7-12(8-17(19)21)9-18(24)25/h4-8,24H,2-3,10-11H2,1H3,(H,25,28)(H,26,27);4-8,23H,2-3,9,11H2,1H3,(H,24,25). The maximum atomic E-state index is 12.0. The molecule has 4 aromatic carbocycles. The van der Waals surface area contributed by atoms with Gasteiger partial charge >= 0.3 is 11.9 Å². The van der Waals surface area contributed by atoms with Crippen molar-refractivity contribution in [3.8, 4) is 23.6 Å². The summed E-state index contributed by atoms with van der Waals surface area (Å²) in [6, 6.07) is 20.7. The SMILES string of the molecule is CCCNc1cc(C#N)cc(COc2c(Cl)cc(C(=O)NCC(=O)O)cc2Cl)c1.CCCNc1cc(C#N)cc(COc2c(Cl)cc(CC(=O)O)cc2Cl)c1. The first-order valence-corrected chi connectivity index (χ1v) is 18.3. The zero-order chi connectivity index (χ0) is 40.5. The van der Waals surface area contributed by atoms with Gasteiger partial charge in [-0.05, 0) is 90.2 Å². The molecule has 5 N–H and O–H groups in total. The Kier molecular flexibility index (Phi) is 17.7. The number of carboxylic acid groups (broad SMARTS) is 2. The van der Waals surface area contributed by atoms with E-state index in [1.54, 1.807) is 24.3 Å². The van der Waals surface area contributed by atoms with Gasteiger partial charge in [0.05, 0.1) is 49.8 Å². The Labute approximate surface area is 338 Å². The normalized spacial score (nSPS) is 10.2. The number of carbonyl (C=O) groups excluding carboxylic acids is 1. The minimum absolute atomic E-state index is 0.110. The molecule has 0 saturated carbocycles. The van der Waals surface area contributed by atoms with Gasteiger partial charge in [0.1, 0.15) is 19.8 Å². The van der Waals surface area contributed by atoms with Gasteiger partial charge in [0.2, 0.25) is 0 Å². The third kappa shape index (κ3) is 14.4. The average molecular weight is 830 g/mol. The molecule has 0 heterocycles. The van der Waals surface area contributed by atoms with E-state index in [0.29, 0.717) is 16.7 Å². The van der Waals surface area contributed by atoms with E-state index >= 15 is 0 Å². The van der Waals surface area contributed by atoms with Crippen molar-refractivity contribution in [3.05, 3.63) is 114 Å². The number of ether oxygens (including phenoxy) is 2. The van der Waals surface area contributed by atoms with Gasteiger partial charge in [-0.1, -0.05) is 60.3 Å². The minimum atomic E-state index is -1.16. The smallest absolute Gasteiger partial charge is 0.322 e. The third-order valence-electron chi connectivity index (χ3n) is 7.24. The van der Waals surface area contributed by atoms with Crippen molar-refractivity contribution < 1.29 is 34.1 Å². The maximum Gasteiger partial charge on any atom is 0.322 e. The van der Waals surface area contributed by atoms with E-state index in [0.717, 1.165) is 48.4 Å². The lowest BCUT2D eigenvalue weighted by atomic mass is 10.1. The predicted molar refractivity (Wildman–Crippen MR) is 213 cm³/mol. The summed E-state index contributed by atoms with van der Waals surface area (Å²) in [6.45, 7) is 5.45. The van der Waals surface area contributed by atoms with Gasteiger partial charge in [-0.2, -0.15) is 10.5 Å². The minimum Gasteiger partial charge on any atom is -0.486 e. The van der Waals surface area contributed by atoms with Crippen molar-refractivity contribution in [2.45, 2.75) is 46.3 Å². The number of aliphatic carboxylic acids is 2. The van der Waals surface area contributed by atoms with Crippen LogP contribution >= 0.6 is 46.4 Å². The summed E-state index contributed by atoms with van der Waals surface area (Å²) in [7, 11) is 0. The van der Waals surface area contributed by atoms with Crippen molar-refractivity contribution >= 4 is 75.6 Å². The van der Waals surface area contributed by atoms with E-state index in [1.807, 2.05) is 19.1 Å². The molecule has 0 unspecified atom stereocenters. The highest BCUT2D eigenvalue weighted by atomic mass is 35.5. The first-order chi connectivity index (χ1) is 26.3. The molecule has 0 aliphatic rings. The lowest BCUT2D eigenvalue weighted by molar-refractivity contribution is -0.137. The number of carboxylic acids is 2. The van der Waals surface area contributed by atoms with Crippen LogP contribution in [0.1, 0.15) is 64.9 Å². The molecular formula is C39H37Cl4N5O7. The first kappa shape index (κ1) is 44.0. The van der Waals surface area contributed by atoms with Crippen molar-refractivity contribution in [2.24, 2.45) is 0 Å². The van der Waals surface area contributed by atoms with Crippen LogP contribution in [-0.4, -0.2) is 47.7 Å². The van der Waals surface area contributed by atoms with Crippen LogP contribution in [0.3, 0.4) is 0 Å². The third-order valence-corrected chi connectivity index (χ3v) is 8.37. The molecule has 0 spiro atoms. The van der Waals surface area contributed by atoms with Crippen LogP contribution in [0.5, 0.6) is 11.5 Å². The summed E-state index contributed by atoms with van der Waals surface area (Å²) in [6.07, 6.45) is 1.74. The Balaban J connectivity index is 0.000000297. The Bertz CT molecular complexity index is 2050. The Morgan fingerprint density at radius 3 is 1.45 bits per heavy atom. The summed E-state index contributed by atoms with van der Waals surface area (Å²) in [5, 5.41) is 45.3. The quantitative estimate of drug-likeness (QED) is 0.0682. The number of hydrogen-bond acceptors (Lipinski definition) is 9. The van der Waals surface area contributed by atoms with Crippen LogP contribution in [0, 0.1) is 22.7 Å². The first-order valence-electron chi connectivity index (χ1n) is 16.8. The van der Waals surface area contributed by atoms with E-state index in [9.17, 15) is 24.9 Å². The fraction of sp³-hybridized carbons (Fsp3) is 0.256. The number of rotatable bonds is 17. The van der Waals surface area contributed by atoms with Gasteiger partial charge in [-0.15, -0.1) is 0 Å². The molecule has 4 aromatic rings. The fourth-order valence-electron chi connectivity index (χ4n) is 4.85. The zero-order valence-electron chi connectivity index (χ0n) is 29.8. The topological polar surface area (TPSA) is 194 Å². The lowest BCUT2D eigenvalue weighted by Gasteiger charge is -2.13. The lowest BCUT2D eigenvalue weighted by Crippen LogP contribution is -2.29. The highest BCUT2D eigenvalue weighted by molar-refractivity contribution is 6.38. The number of amides is 1. The van der Waals surface area contributed by atoms with E-state index in [4.69, 9.17) is 66.1 Å². The van der Waals surface area contributed by atoms with Gasteiger partial charge in [0.15, 0.2) is 11.5 Å². The van der Waals surface area contributed by atoms with Crippen LogP contribution in [0.2, 0.25) is 20.1 Å². The zero-order valence-corrected chi connectivity index (χ0v) is 32.8. The van der Waals surface area contributed by atoms with Crippen LogP contribution < -0.4 is 25.4 Å². The van der Waals surface area contributed by atoms with E-state index in [1.165, 1.54) is 24.3 Å². The molecule has 12 nitrogen and oxygen atoms in total. The number of nitriles is 2. The molecule has 55 heavy (non-hydrogen) atoms. The summed E-state index contributed by atoms with van der Waals surface area (Å²) in [5.41, 5.74) is 4.84. The second-order valence-corrected chi connectivity index (χ2v) is 13.4. The van der Waals surface area contributed by atoms with Gasteiger partial charge in [-0.25, -0.2) is 0 Å². The van der Waals surface area contributed by atoms with Crippen LogP contribution in [0.4, 0.5) is 11.4 Å². The monoisotopic (exact) mass is 827 g/mol. The molecule has 16 heteroatoms. The second kappa shape index (κ2) is 22.1. The molecular weight excluding hydrogens is 792 g/mol. The van der Waals surface area contributed by atoms with Gasteiger partial charge in [-0.3, -0.25) is 14.4 Å². The Morgan fingerprint density at radius 1 is 0.636 bits per heavy atom. The fourth-order valence-corrected chi connectivity index (χ4v) is 6.08. The Morgan fingerprint density at radius 2 is 1.07 bits per heavy atom. The van der Waals surface area contributed by atoms with Crippen molar-refractivity contribution in [2.75, 3.05) is 30.3 Å². The van der Waals surface area contributed by atoms with Crippen LogP contribution in [-0.2, 0) is 29.2 Å². The number of benzene rings is 4. The number of anilines is 2. The van der Waals surface area contributed by atoms with Crippen molar-refractivity contribution in [3.63, 3.8) is 0 Å². The number of carbonyl (C=O) groups is 3. The molecule has 0 aliphatic heterocycles. The highest BCUT2D eigenvalue weighted by Gasteiger charge is 2.16. The van der Waals surface area contributed by atoms with Crippen molar-refractivity contribution in [1.82, 2.24) is 5.32 Å². The van der Waals surface area contributed by atoms with Gasteiger partial charge < -0.3 is 35.6 Å². The van der Waals surface area contributed by atoms with Gasteiger partial charge in [0, 0.05) is 30.0 Å². The number of halogens is 4. The molecule has 0 atom stereocenters. The molecule has 0 saturated heterocycles. The molecule has 0 aromatic heterocycles. The molecule has 4 rings (SSSR count). The van der Waals surface area contributed by atoms with Crippen molar-refractivity contribution in [1.29, 1.82) is 10.5 Å². The average Bonchev–Trinajstić information content (AvgIpc) is 3.14. The van der Waals surface area contributed by atoms with Crippen LogP contribution in [0.15, 0.2) is 60.7 Å². The second-order valence-electron chi connectivity index (χ2n) is 11.8. The maximum absolute atomic E-state index is 12.0. The summed E-state index contributed by atoms with van der Waals surface area (Å²) in [4.78, 5) is 33.3. The van der Waals surface area contributed by atoms with Gasteiger partial charge in [0.25, 0.3) is 5.91 Å².